The highest BCUT2D eigenvalue weighted by molar-refractivity contribution is 7.78. The molecule has 1 saturated heterocycles. The Bertz CT molecular complexity index is 887. The molecule has 1 unspecified atom stereocenters. The third kappa shape index (κ3) is 5.26. The second-order valence-electron chi connectivity index (χ2n) is 8.26. The van der Waals surface area contributed by atoms with Crippen LogP contribution in [0.2, 0.25) is 0 Å². The van der Waals surface area contributed by atoms with Crippen LogP contribution >= 0.6 is 7.26 Å². The lowest BCUT2D eigenvalue weighted by Gasteiger charge is -2.27. The number of aryl methyl sites for hydroxylation is 2. The SMILES string of the molecule is Cc1cc(F)cc(C)c1NC(=O)C(C)[P+]1(CC(=O)OCc2ccccc2)CCCC1. The molecule has 30 heavy (non-hydrogen) atoms. The maximum absolute atomic E-state index is 13.6. The second-order valence-corrected chi connectivity index (χ2v) is 12.7. The van der Waals surface area contributed by atoms with Gasteiger partial charge in [0.2, 0.25) is 0 Å². The molecule has 0 radical (unpaired) electrons. The fourth-order valence-electron chi connectivity index (χ4n) is 4.27. The zero-order valence-electron chi connectivity index (χ0n) is 17.9. The monoisotopic (exact) mass is 430 g/mol. The Hall–Kier alpha value is -2.26. The summed E-state index contributed by atoms with van der Waals surface area (Å²) < 4.78 is 19.1. The lowest BCUT2D eigenvalue weighted by molar-refractivity contribution is -0.141. The molecule has 1 aliphatic rings. The predicted molar refractivity (Wildman–Crippen MR) is 121 cm³/mol. The van der Waals surface area contributed by atoms with E-state index < -0.39 is 7.26 Å². The highest BCUT2D eigenvalue weighted by Gasteiger charge is 2.51. The van der Waals surface area contributed by atoms with Gasteiger partial charge in [0.15, 0.2) is 6.16 Å². The Morgan fingerprint density at radius 3 is 2.30 bits per heavy atom. The highest BCUT2D eigenvalue weighted by atomic mass is 31.2. The fraction of sp³-hybridized carbons (Fsp3) is 0.417. The van der Waals surface area contributed by atoms with Crippen molar-refractivity contribution in [1.82, 2.24) is 0 Å². The Kier molecular flexibility index (Phi) is 7.25. The minimum Gasteiger partial charge on any atom is -0.458 e. The summed E-state index contributed by atoms with van der Waals surface area (Å²) in [7, 11) is -1.81. The quantitative estimate of drug-likeness (QED) is 0.478. The van der Waals surface area contributed by atoms with Crippen LogP contribution in [0, 0.1) is 19.7 Å². The van der Waals surface area contributed by atoms with Gasteiger partial charge < -0.3 is 10.1 Å². The molecule has 0 spiro atoms. The average molecular weight is 430 g/mol. The van der Waals surface area contributed by atoms with E-state index in [4.69, 9.17) is 4.74 Å². The minimum atomic E-state index is -1.81. The summed E-state index contributed by atoms with van der Waals surface area (Å²) in [5.74, 6) is -0.612. The molecule has 6 heteroatoms. The lowest BCUT2D eigenvalue weighted by atomic mass is 10.1. The Morgan fingerprint density at radius 2 is 1.70 bits per heavy atom. The molecule has 1 aliphatic heterocycles. The maximum atomic E-state index is 13.6. The van der Waals surface area contributed by atoms with E-state index >= 15 is 0 Å². The smallest absolute Gasteiger partial charge is 0.344 e. The van der Waals surface area contributed by atoms with Crippen LogP contribution in [0.25, 0.3) is 0 Å². The molecule has 1 amide bonds. The summed E-state index contributed by atoms with van der Waals surface area (Å²) >= 11 is 0. The van der Waals surface area contributed by atoms with Crippen molar-refractivity contribution in [1.29, 1.82) is 0 Å². The van der Waals surface area contributed by atoms with Gasteiger partial charge in [0, 0.05) is 12.9 Å². The number of anilines is 1. The molecule has 3 rings (SSSR count). The zero-order valence-corrected chi connectivity index (χ0v) is 18.8. The number of nitrogens with one attached hydrogen (secondary N) is 1. The molecular weight excluding hydrogens is 400 g/mol. The zero-order chi connectivity index (χ0) is 21.7. The van der Waals surface area contributed by atoms with Crippen LogP contribution in [0.1, 0.15) is 36.5 Å². The van der Waals surface area contributed by atoms with E-state index in [-0.39, 0.29) is 30.0 Å². The van der Waals surface area contributed by atoms with Crippen LogP contribution in [0.15, 0.2) is 42.5 Å². The third-order valence-electron chi connectivity index (χ3n) is 6.09. The molecule has 1 heterocycles. The van der Waals surface area contributed by atoms with Crippen molar-refractivity contribution in [2.75, 3.05) is 23.8 Å². The number of benzene rings is 2. The van der Waals surface area contributed by atoms with Crippen LogP contribution in [0.5, 0.6) is 0 Å². The van der Waals surface area contributed by atoms with Gasteiger partial charge in [-0.05, 0) is 62.4 Å². The van der Waals surface area contributed by atoms with Crippen LogP contribution in [-0.2, 0) is 20.9 Å². The van der Waals surface area contributed by atoms with Crippen molar-refractivity contribution < 1.29 is 18.7 Å². The van der Waals surface area contributed by atoms with Crippen LogP contribution in [0.4, 0.5) is 10.1 Å². The molecule has 1 atom stereocenters. The molecule has 0 saturated carbocycles. The van der Waals surface area contributed by atoms with E-state index in [2.05, 4.69) is 5.32 Å². The van der Waals surface area contributed by atoms with Crippen LogP contribution < -0.4 is 5.32 Å². The molecule has 4 nitrogen and oxygen atoms in total. The molecule has 1 fully saturated rings. The molecule has 1 N–H and O–H groups in total. The van der Waals surface area contributed by atoms with Gasteiger partial charge in [-0.3, -0.25) is 4.79 Å². The number of hydrogen-bond donors (Lipinski definition) is 1. The van der Waals surface area contributed by atoms with Gasteiger partial charge in [-0.25, -0.2) is 9.18 Å². The molecular formula is C24H30FNO3P+. The number of halogens is 1. The van der Waals surface area contributed by atoms with E-state index in [9.17, 15) is 14.0 Å². The van der Waals surface area contributed by atoms with Gasteiger partial charge in [-0.1, -0.05) is 30.3 Å². The fourth-order valence-corrected chi connectivity index (χ4v) is 8.74. The van der Waals surface area contributed by atoms with Crippen molar-refractivity contribution in [3.63, 3.8) is 0 Å². The molecule has 0 aliphatic carbocycles. The molecule has 0 bridgehead atoms. The largest absolute Gasteiger partial charge is 0.458 e. The summed E-state index contributed by atoms with van der Waals surface area (Å²) in [5, 5.41) is 3.01. The van der Waals surface area contributed by atoms with Crippen molar-refractivity contribution in [2.24, 2.45) is 0 Å². The first kappa shape index (κ1) is 22.4. The standard InChI is InChI=1S/C24H29FNO3P/c1-17-13-21(25)14-18(2)23(17)26-24(28)19(3)30(11-7-8-12-30)16-22(27)29-15-20-9-5-4-6-10-20/h4-6,9-10,13-14,19H,7-8,11-12,15-16H2,1-3H3/p+1. The number of amides is 1. The Labute approximate surface area is 178 Å². The Morgan fingerprint density at radius 1 is 1.10 bits per heavy atom. The maximum Gasteiger partial charge on any atom is 0.344 e. The van der Waals surface area contributed by atoms with Crippen molar-refractivity contribution >= 4 is 24.8 Å². The highest BCUT2D eigenvalue weighted by Crippen LogP contribution is 2.67. The van der Waals surface area contributed by atoms with Crippen LogP contribution in [-0.4, -0.2) is 36.0 Å². The van der Waals surface area contributed by atoms with Crippen LogP contribution in [0.3, 0.4) is 0 Å². The summed E-state index contributed by atoms with van der Waals surface area (Å²) in [6.45, 7) is 5.77. The van der Waals surface area contributed by atoms with E-state index in [0.717, 1.165) is 30.7 Å². The number of rotatable bonds is 7. The predicted octanol–water partition coefficient (Wildman–Crippen LogP) is 5.32. The summed E-state index contributed by atoms with van der Waals surface area (Å²) in [6.07, 6.45) is 4.31. The summed E-state index contributed by atoms with van der Waals surface area (Å²) in [6, 6.07) is 12.5. The molecule has 0 aromatic heterocycles. The van der Waals surface area contributed by atoms with Gasteiger partial charge in [-0.15, -0.1) is 0 Å². The van der Waals surface area contributed by atoms with Crippen molar-refractivity contribution in [3.8, 4) is 0 Å². The second kappa shape index (κ2) is 9.70. The number of hydrogen-bond acceptors (Lipinski definition) is 3. The average Bonchev–Trinajstić information content (AvgIpc) is 3.18. The van der Waals surface area contributed by atoms with Crippen molar-refractivity contribution in [3.05, 3.63) is 65.0 Å². The summed E-state index contributed by atoms with van der Waals surface area (Å²) in [5.41, 5.74) is 2.78. The topological polar surface area (TPSA) is 55.4 Å². The first-order valence-electron chi connectivity index (χ1n) is 10.4. The number of esters is 1. The lowest BCUT2D eigenvalue weighted by Crippen LogP contribution is -2.32. The van der Waals surface area contributed by atoms with Gasteiger partial charge in [0.25, 0.3) is 5.91 Å². The van der Waals surface area contributed by atoms with E-state index in [0.29, 0.717) is 23.0 Å². The Balaban J connectivity index is 1.68. The van der Waals surface area contributed by atoms with Gasteiger partial charge in [0.1, 0.15) is 18.1 Å². The number of carbonyl (C=O) groups excluding carboxylic acids is 2. The minimum absolute atomic E-state index is 0.0844. The normalized spacial score (nSPS) is 16.1. The summed E-state index contributed by atoms with van der Waals surface area (Å²) in [4.78, 5) is 25.8. The first-order valence-corrected chi connectivity index (χ1v) is 12.8. The van der Waals surface area contributed by atoms with E-state index in [1.807, 2.05) is 37.3 Å². The first-order chi connectivity index (χ1) is 14.3. The molecule has 160 valence electrons. The molecule has 2 aromatic carbocycles. The molecule has 2 aromatic rings. The third-order valence-corrected chi connectivity index (χ3v) is 11.3. The number of carbonyl (C=O) groups is 2. The van der Waals surface area contributed by atoms with E-state index in [1.165, 1.54) is 12.1 Å². The van der Waals surface area contributed by atoms with Crippen molar-refractivity contribution in [2.45, 2.75) is 45.9 Å². The number of ether oxygens (including phenoxy) is 1. The van der Waals surface area contributed by atoms with Gasteiger partial charge in [-0.2, -0.15) is 0 Å². The van der Waals surface area contributed by atoms with Gasteiger partial charge >= 0.3 is 5.97 Å². The van der Waals surface area contributed by atoms with Gasteiger partial charge in [0.05, 0.1) is 12.3 Å². The van der Waals surface area contributed by atoms with E-state index in [1.54, 1.807) is 13.8 Å².